The van der Waals surface area contributed by atoms with Crippen molar-refractivity contribution in [2.24, 2.45) is 0 Å². The van der Waals surface area contributed by atoms with Gasteiger partial charge in [-0.3, -0.25) is 35.3 Å². The number of ether oxygens (including phenoxy) is 1. The van der Waals surface area contributed by atoms with E-state index >= 15 is 0 Å². The number of hydrogen-bond donors (Lipinski definition) is 3. The highest BCUT2D eigenvalue weighted by atomic mass is 35.5. The van der Waals surface area contributed by atoms with E-state index in [1.807, 2.05) is 0 Å². The molecule has 0 bridgehead atoms. The van der Waals surface area contributed by atoms with Gasteiger partial charge in [0.2, 0.25) is 11.8 Å². The Morgan fingerprint density at radius 1 is 1.21 bits per heavy atom. The van der Waals surface area contributed by atoms with Gasteiger partial charge in [-0.05, 0) is 18.2 Å². The van der Waals surface area contributed by atoms with Crippen LogP contribution >= 0.6 is 35.0 Å². The van der Waals surface area contributed by atoms with E-state index in [-0.39, 0.29) is 17.2 Å². The molecule has 0 spiro atoms. The zero-order valence-electron chi connectivity index (χ0n) is 11.9. The van der Waals surface area contributed by atoms with Crippen LogP contribution in [0.25, 0.3) is 0 Å². The Morgan fingerprint density at radius 2 is 1.92 bits per heavy atom. The van der Waals surface area contributed by atoms with Gasteiger partial charge in [-0.25, -0.2) is 0 Å². The van der Waals surface area contributed by atoms with Crippen molar-refractivity contribution in [3.05, 3.63) is 28.2 Å². The molecule has 1 heterocycles. The highest BCUT2D eigenvalue weighted by Gasteiger charge is 2.33. The monoisotopic (exact) mass is 391 g/mol. The highest BCUT2D eigenvalue weighted by molar-refractivity contribution is 8.15. The average Bonchev–Trinajstić information content (AvgIpc) is 2.82. The van der Waals surface area contributed by atoms with E-state index in [1.165, 1.54) is 12.1 Å². The van der Waals surface area contributed by atoms with Crippen molar-refractivity contribution in [2.75, 3.05) is 6.61 Å². The van der Waals surface area contributed by atoms with Crippen LogP contribution in [0.5, 0.6) is 5.75 Å². The van der Waals surface area contributed by atoms with E-state index in [0.29, 0.717) is 5.02 Å². The number of imide groups is 1. The maximum Gasteiger partial charge on any atom is 0.286 e. The fraction of sp³-hybridized carbons (Fsp3) is 0.231. The lowest BCUT2D eigenvalue weighted by atomic mass is 10.3. The van der Waals surface area contributed by atoms with Crippen LogP contribution in [0.2, 0.25) is 10.0 Å². The minimum Gasteiger partial charge on any atom is -0.482 e. The fourth-order valence-corrected chi connectivity index (χ4v) is 2.94. The lowest BCUT2D eigenvalue weighted by Gasteiger charge is -2.10. The molecule has 1 atom stereocenters. The third-order valence-electron chi connectivity index (χ3n) is 2.73. The molecule has 1 aromatic rings. The molecule has 1 saturated heterocycles. The smallest absolute Gasteiger partial charge is 0.286 e. The Balaban J connectivity index is 1.72. The van der Waals surface area contributed by atoms with Crippen LogP contribution < -0.4 is 20.9 Å². The number of benzene rings is 1. The first-order valence-electron chi connectivity index (χ1n) is 6.52. The molecular weight excluding hydrogens is 381 g/mol. The van der Waals surface area contributed by atoms with Crippen LogP contribution in [-0.4, -0.2) is 34.8 Å². The van der Waals surface area contributed by atoms with Crippen molar-refractivity contribution in [2.45, 2.75) is 11.7 Å². The quantitative estimate of drug-likeness (QED) is 0.651. The normalized spacial score (nSPS) is 16.5. The van der Waals surface area contributed by atoms with Gasteiger partial charge >= 0.3 is 0 Å². The number of rotatable bonds is 5. The lowest BCUT2D eigenvalue weighted by Crippen LogP contribution is -2.45. The second-order valence-corrected chi connectivity index (χ2v) is 6.57. The summed E-state index contributed by atoms with van der Waals surface area (Å²) < 4.78 is 5.18. The van der Waals surface area contributed by atoms with Crippen LogP contribution in [0.15, 0.2) is 18.2 Å². The summed E-state index contributed by atoms with van der Waals surface area (Å²) in [6, 6.07) is 4.52. The van der Waals surface area contributed by atoms with Gasteiger partial charge in [-0.1, -0.05) is 35.0 Å². The minimum atomic E-state index is -0.807. The third-order valence-corrected chi connectivity index (χ3v) is 4.24. The molecule has 0 saturated carbocycles. The molecule has 24 heavy (non-hydrogen) atoms. The average molecular weight is 392 g/mol. The standard InChI is InChI=1S/C13H11Cl2N3O5S/c14-6-1-2-8(7(15)3-6)23-5-11(20)18-17-10(19)4-9-12(21)16-13(22)24-9/h1-3,9H,4-5H2,(H,17,19)(H,18,20)(H,16,21,22). The number of halogens is 2. The molecular formula is C13H11Cl2N3O5S. The van der Waals surface area contributed by atoms with E-state index in [2.05, 4.69) is 16.2 Å². The first kappa shape index (κ1) is 18.4. The molecule has 1 aromatic carbocycles. The molecule has 1 aliphatic rings. The molecule has 4 amide bonds. The largest absolute Gasteiger partial charge is 0.482 e. The molecule has 1 aliphatic heterocycles. The van der Waals surface area contributed by atoms with Crippen molar-refractivity contribution in [1.82, 2.24) is 16.2 Å². The number of hydrogen-bond acceptors (Lipinski definition) is 6. The molecule has 8 nitrogen and oxygen atoms in total. The maximum atomic E-state index is 11.6. The summed E-state index contributed by atoms with van der Waals surface area (Å²) in [5, 5.41) is 1.42. The summed E-state index contributed by atoms with van der Waals surface area (Å²) >= 11 is 12.3. The summed E-state index contributed by atoms with van der Waals surface area (Å²) in [4.78, 5) is 45.5. The highest BCUT2D eigenvalue weighted by Crippen LogP contribution is 2.27. The van der Waals surface area contributed by atoms with Crippen molar-refractivity contribution < 1.29 is 23.9 Å². The third kappa shape index (κ3) is 5.29. The number of carbonyl (C=O) groups is 4. The Morgan fingerprint density at radius 3 is 2.54 bits per heavy atom. The molecule has 0 radical (unpaired) electrons. The van der Waals surface area contributed by atoms with Crippen molar-refractivity contribution >= 4 is 57.9 Å². The van der Waals surface area contributed by atoms with Gasteiger partial charge in [-0.2, -0.15) is 0 Å². The van der Waals surface area contributed by atoms with Crippen LogP contribution in [0.1, 0.15) is 6.42 Å². The second kappa shape index (κ2) is 8.22. The van der Waals surface area contributed by atoms with Crippen LogP contribution in [0.3, 0.4) is 0 Å². The number of amides is 4. The van der Waals surface area contributed by atoms with Gasteiger partial charge in [0.15, 0.2) is 6.61 Å². The predicted octanol–water partition coefficient (Wildman–Crippen LogP) is 1.26. The molecule has 1 fully saturated rings. The summed E-state index contributed by atoms with van der Waals surface area (Å²) in [5.41, 5.74) is 4.25. The number of thioether (sulfide) groups is 1. The Hall–Kier alpha value is -1.97. The number of carbonyl (C=O) groups excluding carboxylic acids is 4. The summed E-state index contributed by atoms with van der Waals surface area (Å²) in [7, 11) is 0. The van der Waals surface area contributed by atoms with Gasteiger partial charge in [0.05, 0.1) is 5.02 Å². The van der Waals surface area contributed by atoms with Crippen LogP contribution in [-0.2, 0) is 14.4 Å². The molecule has 0 aliphatic carbocycles. The maximum absolute atomic E-state index is 11.6. The minimum absolute atomic E-state index is 0.244. The van der Waals surface area contributed by atoms with Crippen LogP contribution in [0.4, 0.5) is 4.79 Å². The van der Waals surface area contributed by atoms with Gasteiger partial charge in [0, 0.05) is 11.4 Å². The molecule has 0 aromatic heterocycles. The van der Waals surface area contributed by atoms with Crippen LogP contribution in [0, 0.1) is 0 Å². The van der Waals surface area contributed by atoms with Crippen molar-refractivity contribution in [3.63, 3.8) is 0 Å². The predicted molar refractivity (Wildman–Crippen MR) is 87.8 cm³/mol. The second-order valence-electron chi connectivity index (χ2n) is 4.55. The topological polar surface area (TPSA) is 114 Å². The zero-order chi connectivity index (χ0) is 17.7. The first-order valence-corrected chi connectivity index (χ1v) is 8.15. The molecule has 3 N–H and O–H groups in total. The Bertz CT molecular complexity index is 700. The van der Waals surface area contributed by atoms with Crippen molar-refractivity contribution in [3.8, 4) is 5.75 Å². The van der Waals surface area contributed by atoms with Gasteiger partial charge in [-0.15, -0.1) is 0 Å². The molecule has 1 unspecified atom stereocenters. The summed E-state index contributed by atoms with van der Waals surface area (Å²) in [6.07, 6.45) is -0.244. The van der Waals surface area contributed by atoms with E-state index in [9.17, 15) is 19.2 Å². The SMILES string of the molecule is O=C(COc1ccc(Cl)cc1Cl)NNC(=O)CC1SC(=O)NC1=O. The fourth-order valence-electron chi connectivity index (χ4n) is 1.66. The lowest BCUT2D eigenvalue weighted by molar-refractivity contribution is -0.130. The summed E-state index contributed by atoms with van der Waals surface area (Å²) in [6.45, 7) is -0.390. The zero-order valence-corrected chi connectivity index (χ0v) is 14.3. The first-order chi connectivity index (χ1) is 11.3. The van der Waals surface area contributed by atoms with E-state index in [0.717, 1.165) is 11.8 Å². The van der Waals surface area contributed by atoms with Gasteiger partial charge in [0.25, 0.3) is 11.1 Å². The number of nitrogens with one attached hydrogen (secondary N) is 3. The Kier molecular flexibility index (Phi) is 6.29. The van der Waals surface area contributed by atoms with E-state index in [1.54, 1.807) is 6.07 Å². The summed E-state index contributed by atoms with van der Waals surface area (Å²) in [5.74, 6) is -1.52. The molecule has 2 rings (SSSR count). The number of hydrazine groups is 1. The van der Waals surface area contributed by atoms with Gasteiger partial charge < -0.3 is 4.74 Å². The molecule has 11 heteroatoms. The molecule has 128 valence electrons. The van der Waals surface area contributed by atoms with Crippen molar-refractivity contribution in [1.29, 1.82) is 0 Å². The Labute approximate surface area is 150 Å². The van der Waals surface area contributed by atoms with E-state index in [4.69, 9.17) is 27.9 Å². The van der Waals surface area contributed by atoms with E-state index < -0.39 is 34.8 Å². The van der Waals surface area contributed by atoms with Gasteiger partial charge in [0.1, 0.15) is 11.0 Å².